The predicted molar refractivity (Wildman–Crippen MR) is 81.6 cm³/mol. The van der Waals surface area contributed by atoms with E-state index in [1.165, 1.54) is 0 Å². The van der Waals surface area contributed by atoms with Crippen molar-refractivity contribution in [2.24, 2.45) is 11.8 Å². The van der Waals surface area contributed by atoms with E-state index in [1.807, 2.05) is 25.3 Å². The summed E-state index contributed by atoms with van der Waals surface area (Å²) >= 11 is 1.62. The van der Waals surface area contributed by atoms with Crippen molar-refractivity contribution >= 4 is 11.3 Å². The fourth-order valence-electron chi connectivity index (χ4n) is 3.41. The van der Waals surface area contributed by atoms with E-state index in [0.717, 1.165) is 29.8 Å². The van der Waals surface area contributed by atoms with Gasteiger partial charge >= 0.3 is 6.18 Å². The topological polar surface area (TPSA) is 12.0 Å². The fourth-order valence-corrected chi connectivity index (χ4v) is 4.15. The Kier molecular flexibility index (Phi) is 5.72. The minimum atomic E-state index is -4.08. The van der Waals surface area contributed by atoms with Gasteiger partial charge in [0.25, 0.3) is 0 Å². The summed E-state index contributed by atoms with van der Waals surface area (Å²) in [7, 11) is 0. The van der Waals surface area contributed by atoms with Crippen LogP contribution in [0, 0.1) is 18.8 Å². The van der Waals surface area contributed by atoms with Crippen LogP contribution < -0.4 is 5.32 Å². The van der Waals surface area contributed by atoms with Crippen molar-refractivity contribution in [2.45, 2.75) is 58.2 Å². The Hall–Kier alpha value is -0.550. The van der Waals surface area contributed by atoms with Crippen LogP contribution in [-0.4, -0.2) is 12.7 Å². The number of halogens is 3. The zero-order valence-electron chi connectivity index (χ0n) is 12.7. The number of alkyl halides is 3. The van der Waals surface area contributed by atoms with E-state index in [4.69, 9.17) is 0 Å². The molecule has 0 aliphatic heterocycles. The predicted octanol–water partition coefficient (Wildman–Crippen LogP) is 5.47. The third-order valence-corrected chi connectivity index (χ3v) is 5.27. The molecule has 0 saturated heterocycles. The van der Waals surface area contributed by atoms with Crippen molar-refractivity contribution in [3.8, 4) is 0 Å². The van der Waals surface area contributed by atoms with Gasteiger partial charge in [0, 0.05) is 10.9 Å². The van der Waals surface area contributed by atoms with Crippen molar-refractivity contribution < 1.29 is 13.2 Å². The lowest BCUT2D eigenvalue weighted by Crippen LogP contribution is -2.41. The highest BCUT2D eigenvalue weighted by molar-refractivity contribution is 7.10. The molecule has 21 heavy (non-hydrogen) atoms. The Morgan fingerprint density at radius 1 is 1.33 bits per heavy atom. The normalized spacial score (nSPS) is 25.0. The third-order valence-electron chi connectivity index (χ3n) is 4.39. The molecule has 1 N–H and O–H groups in total. The van der Waals surface area contributed by atoms with Gasteiger partial charge in [-0.1, -0.05) is 19.8 Å². The molecular weight excluding hydrogens is 295 g/mol. The molecular formula is C16H24F3NS. The minimum Gasteiger partial charge on any atom is -0.310 e. The highest BCUT2D eigenvalue weighted by Crippen LogP contribution is 2.47. The largest absolute Gasteiger partial charge is 0.392 e. The van der Waals surface area contributed by atoms with Crippen LogP contribution >= 0.6 is 11.3 Å². The highest BCUT2D eigenvalue weighted by Gasteiger charge is 2.48. The maximum atomic E-state index is 13.4. The maximum Gasteiger partial charge on any atom is 0.392 e. The van der Waals surface area contributed by atoms with Crippen LogP contribution in [0.3, 0.4) is 0 Å². The van der Waals surface area contributed by atoms with Crippen LogP contribution in [0.1, 0.15) is 55.5 Å². The lowest BCUT2D eigenvalue weighted by molar-refractivity contribution is -0.199. The summed E-state index contributed by atoms with van der Waals surface area (Å²) in [5.41, 5.74) is 1.03. The minimum absolute atomic E-state index is 0.165. The molecule has 0 amide bonds. The van der Waals surface area contributed by atoms with Gasteiger partial charge in [0.15, 0.2) is 0 Å². The summed E-state index contributed by atoms with van der Waals surface area (Å²) < 4.78 is 40.1. The third kappa shape index (κ3) is 4.22. The van der Waals surface area contributed by atoms with E-state index in [0.29, 0.717) is 12.8 Å². The molecule has 1 saturated carbocycles. The van der Waals surface area contributed by atoms with E-state index in [1.54, 1.807) is 11.3 Å². The Bertz CT molecular complexity index is 441. The molecule has 3 unspecified atom stereocenters. The zero-order chi connectivity index (χ0) is 15.5. The Balaban J connectivity index is 2.24. The summed E-state index contributed by atoms with van der Waals surface area (Å²) in [6.45, 7) is 4.82. The summed E-state index contributed by atoms with van der Waals surface area (Å²) in [5.74, 6) is -1.50. The van der Waals surface area contributed by atoms with Gasteiger partial charge in [-0.3, -0.25) is 0 Å². The first-order valence-corrected chi connectivity index (χ1v) is 8.66. The summed E-state index contributed by atoms with van der Waals surface area (Å²) in [6, 6.07) is 1.88. The monoisotopic (exact) mass is 319 g/mol. The van der Waals surface area contributed by atoms with E-state index >= 15 is 0 Å². The second kappa shape index (κ2) is 7.14. The van der Waals surface area contributed by atoms with Crippen molar-refractivity contribution in [1.29, 1.82) is 0 Å². The number of hydrogen-bond acceptors (Lipinski definition) is 2. The smallest absolute Gasteiger partial charge is 0.310 e. The van der Waals surface area contributed by atoms with Gasteiger partial charge in [0.1, 0.15) is 0 Å². The molecule has 1 aromatic heterocycles. The van der Waals surface area contributed by atoms with Crippen LogP contribution in [0.2, 0.25) is 0 Å². The first-order chi connectivity index (χ1) is 9.93. The molecule has 1 aliphatic carbocycles. The van der Waals surface area contributed by atoms with E-state index in [-0.39, 0.29) is 18.4 Å². The summed E-state index contributed by atoms with van der Waals surface area (Å²) in [4.78, 5) is 1.16. The fraction of sp³-hybridized carbons (Fsp3) is 0.750. The molecule has 1 fully saturated rings. The lowest BCUT2D eigenvalue weighted by Gasteiger charge is -2.38. The van der Waals surface area contributed by atoms with Gasteiger partial charge in [-0.15, -0.1) is 11.3 Å². The van der Waals surface area contributed by atoms with E-state index in [9.17, 15) is 13.2 Å². The van der Waals surface area contributed by atoms with Crippen molar-refractivity contribution in [1.82, 2.24) is 5.32 Å². The Labute approximate surface area is 128 Å². The second-order valence-corrected chi connectivity index (χ2v) is 7.13. The molecule has 1 heterocycles. The first-order valence-electron chi connectivity index (χ1n) is 7.78. The van der Waals surface area contributed by atoms with Gasteiger partial charge in [0.2, 0.25) is 0 Å². The zero-order valence-corrected chi connectivity index (χ0v) is 13.5. The van der Waals surface area contributed by atoms with E-state index < -0.39 is 12.1 Å². The average molecular weight is 319 g/mol. The number of aryl methyl sites for hydroxylation is 1. The summed E-state index contributed by atoms with van der Waals surface area (Å²) in [5, 5.41) is 5.40. The Morgan fingerprint density at radius 3 is 2.62 bits per heavy atom. The SMILES string of the molecule is CCCNC(c1csc(C)c1)C1CCCCC1C(F)(F)F. The maximum absolute atomic E-state index is 13.4. The number of nitrogens with one attached hydrogen (secondary N) is 1. The molecule has 1 nitrogen and oxygen atoms in total. The number of rotatable bonds is 5. The molecule has 120 valence electrons. The van der Waals surface area contributed by atoms with Crippen molar-refractivity contribution in [3.05, 3.63) is 21.9 Å². The van der Waals surface area contributed by atoms with Crippen LogP contribution in [0.4, 0.5) is 13.2 Å². The molecule has 3 atom stereocenters. The lowest BCUT2D eigenvalue weighted by atomic mass is 9.73. The second-order valence-electron chi connectivity index (χ2n) is 6.02. The molecule has 0 bridgehead atoms. The highest BCUT2D eigenvalue weighted by atomic mass is 32.1. The average Bonchev–Trinajstić information content (AvgIpc) is 2.85. The molecule has 1 aromatic rings. The van der Waals surface area contributed by atoms with Crippen molar-refractivity contribution in [3.63, 3.8) is 0 Å². The molecule has 0 spiro atoms. The van der Waals surface area contributed by atoms with E-state index in [2.05, 4.69) is 5.32 Å². The van der Waals surface area contributed by atoms with Crippen molar-refractivity contribution in [2.75, 3.05) is 6.54 Å². The Morgan fingerprint density at radius 2 is 2.05 bits per heavy atom. The van der Waals surface area contributed by atoms with Crippen LogP contribution in [-0.2, 0) is 0 Å². The molecule has 0 aromatic carbocycles. The first kappa shape index (κ1) is 16.8. The van der Waals surface area contributed by atoms with Gasteiger partial charge in [0.05, 0.1) is 5.92 Å². The van der Waals surface area contributed by atoms with Gasteiger partial charge < -0.3 is 5.32 Å². The molecule has 0 radical (unpaired) electrons. The quantitative estimate of drug-likeness (QED) is 0.759. The van der Waals surface area contributed by atoms with Gasteiger partial charge in [-0.25, -0.2) is 0 Å². The van der Waals surface area contributed by atoms with Crippen LogP contribution in [0.5, 0.6) is 0 Å². The number of hydrogen-bond donors (Lipinski definition) is 1. The number of thiophene rings is 1. The van der Waals surface area contributed by atoms with Crippen LogP contribution in [0.25, 0.3) is 0 Å². The van der Waals surface area contributed by atoms with Gasteiger partial charge in [-0.2, -0.15) is 13.2 Å². The summed E-state index contributed by atoms with van der Waals surface area (Å²) in [6.07, 6.45) is -0.595. The molecule has 2 rings (SSSR count). The molecule has 5 heteroatoms. The molecule has 1 aliphatic rings. The standard InChI is InChI=1S/C16H24F3NS/c1-3-8-20-15(12-9-11(2)21-10-12)13-6-4-5-7-14(13)16(17,18)19/h9-10,13-15,20H,3-8H2,1-2H3. The van der Waals surface area contributed by atoms with Crippen LogP contribution in [0.15, 0.2) is 11.4 Å². The van der Waals surface area contributed by atoms with Gasteiger partial charge in [-0.05, 0) is 55.7 Å².